The Morgan fingerprint density at radius 1 is 1.42 bits per heavy atom. The topological polar surface area (TPSA) is 60.7 Å². The van der Waals surface area contributed by atoms with Gasteiger partial charge in [0.1, 0.15) is 16.6 Å². The van der Waals surface area contributed by atoms with Gasteiger partial charge in [0, 0.05) is 17.3 Å². The summed E-state index contributed by atoms with van der Waals surface area (Å²) < 4.78 is 0. The van der Waals surface area contributed by atoms with E-state index in [1.54, 1.807) is 6.20 Å². The number of thiazole rings is 1. The fourth-order valence-electron chi connectivity index (χ4n) is 1.53. The largest absolute Gasteiger partial charge is 0.307 e. The predicted octanol–water partition coefficient (Wildman–Crippen LogP) is 3.24. The lowest BCUT2D eigenvalue weighted by atomic mass is 10.2. The highest BCUT2D eigenvalue weighted by Crippen LogP contribution is 2.17. The number of nitrogens with one attached hydrogen (secondary N) is 2. The molecule has 2 aromatic rings. The molecule has 0 radical (unpaired) electrons. The number of anilines is 1. The van der Waals surface area contributed by atoms with E-state index < -0.39 is 0 Å². The van der Waals surface area contributed by atoms with Crippen LogP contribution in [-0.4, -0.2) is 4.98 Å². The van der Waals surface area contributed by atoms with Crippen molar-refractivity contribution in [2.45, 2.75) is 13.8 Å². The number of benzene rings is 1. The van der Waals surface area contributed by atoms with Crippen molar-refractivity contribution in [2.24, 2.45) is 0 Å². The second kappa shape index (κ2) is 6.03. The van der Waals surface area contributed by atoms with Crippen LogP contribution in [0.25, 0.3) is 5.57 Å². The molecule has 1 aromatic carbocycles. The Bertz CT molecular complexity index is 637. The van der Waals surface area contributed by atoms with Crippen molar-refractivity contribution in [2.75, 3.05) is 5.43 Å². The van der Waals surface area contributed by atoms with Gasteiger partial charge in [-0.1, -0.05) is 12.1 Å². The van der Waals surface area contributed by atoms with E-state index in [-0.39, 0.29) is 0 Å². The number of hydrazine groups is 1. The van der Waals surface area contributed by atoms with Crippen LogP contribution in [0.1, 0.15) is 16.3 Å². The highest BCUT2D eigenvalue weighted by atomic mass is 32.1. The molecule has 2 N–H and O–H groups in total. The molecule has 2 rings (SSSR count). The molecule has 0 saturated heterocycles. The van der Waals surface area contributed by atoms with E-state index in [1.165, 1.54) is 16.9 Å². The third kappa shape index (κ3) is 3.57. The fraction of sp³-hybridized carbons (Fsp3) is 0.143. The second-order valence-corrected chi connectivity index (χ2v) is 4.96. The van der Waals surface area contributed by atoms with E-state index in [9.17, 15) is 0 Å². The summed E-state index contributed by atoms with van der Waals surface area (Å²) in [5.41, 5.74) is 9.50. The normalized spacial score (nSPS) is 10.9. The number of aromatic nitrogens is 1. The van der Waals surface area contributed by atoms with E-state index >= 15 is 0 Å². The van der Waals surface area contributed by atoms with Crippen LogP contribution in [0.4, 0.5) is 5.69 Å². The van der Waals surface area contributed by atoms with Gasteiger partial charge in [-0.3, -0.25) is 0 Å². The average molecular weight is 270 g/mol. The Balaban J connectivity index is 2.03. The van der Waals surface area contributed by atoms with Crippen molar-refractivity contribution in [3.05, 3.63) is 52.1 Å². The smallest absolute Gasteiger partial charge is 0.135 e. The average Bonchev–Trinajstić information content (AvgIpc) is 2.81. The summed E-state index contributed by atoms with van der Waals surface area (Å²) in [5.74, 6) is 0. The molecule has 0 bridgehead atoms. The summed E-state index contributed by atoms with van der Waals surface area (Å²) in [5, 5.41) is 11.8. The second-order valence-electron chi connectivity index (χ2n) is 4.10. The molecule has 0 atom stereocenters. The number of rotatable bonds is 4. The van der Waals surface area contributed by atoms with Crippen LogP contribution in [0.3, 0.4) is 0 Å². The molecule has 0 amide bonds. The summed E-state index contributed by atoms with van der Waals surface area (Å²) in [6.07, 6.45) is 1.63. The SMILES string of the molecule is Cc1cccc(NN/C=C(\C#N)c2nc(C)cs2)c1. The number of nitrogens with zero attached hydrogens (tertiary/aromatic N) is 2. The highest BCUT2D eigenvalue weighted by Gasteiger charge is 2.04. The predicted molar refractivity (Wildman–Crippen MR) is 78.4 cm³/mol. The molecule has 0 aliphatic carbocycles. The minimum Gasteiger partial charge on any atom is -0.307 e. The molecule has 1 aromatic heterocycles. The summed E-state index contributed by atoms with van der Waals surface area (Å²) in [7, 11) is 0. The first-order valence-corrected chi connectivity index (χ1v) is 6.68. The molecule has 1 heterocycles. The Kier molecular flexibility index (Phi) is 4.16. The van der Waals surface area contributed by atoms with Crippen molar-refractivity contribution in [1.29, 1.82) is 5.26 Å². The quantitative estimate of drug-likeness (QED) is 0.661. The third-order valence-electron chi connectivity index (χ3n) is 2.42. The maximum atomic E-state index is 9.11. The summed E-state index contributed by atoms with van der Waals surface area (Å²) in [6, 6.07) is 10.1. The third-order valence-corrected chi connectivity index (χ3v) is 3.41. The molecule has 0 fully saturated rings. The summed E-state index contributed by atoms with van der Waals surface area (Å²) >= 11 is 1.46. The first-order chi connectivity index (χ1) is 9.19. The molecule has 0 unspecified atom stereocenters. The lowest BCUT2D eigenvalue weighted by molar-refractivity contribution is 1.06. The van der Waals surface area contributed by atoms with Crippen LogP contribution < -0.4 is 10.9 Å². The molecule has 5 heteroatoms. The molecule has 0 aliphatic heterocycles. The number of hydrogen-bond donors (Lipinski definition) is 2. The van der Waals surface area contributed by atoms with Gasteiger partial charge in [-0.25, -0.2) is 4.98 Å². The molecule has 96 valence electrons. The van der Waals surface area contributed by atoms with Crippen molar-refractivity contribution >= 4 is 22.6 Å². The van der Waals surface area contributed by atoms with Gasteiger partial charge >= 0.3 is 0 Å². The van der Waals surface area contributed by atoms with E-state index in [4.69, 9.17) is 5.26 Å². The molecule has 4 nitrogen and oxygen atoms in total. The minimum atomic E-state index is 0.512. The van der Waals surface area contributed by atoms with Crippen LogP contribution in [0.5, 0.6) is 0 Å². The van der Waals surface area contributed by atoms with Gasteiger partial charge in [-0.15, -0.1) is 11.3 Å². The fourth-order valence-corrected chi connectivity index (χ4v) is 2.30. The van der Waals surface area contributed by atoms with Gasteiger partial charge in [0.05, 0.1) is 5.69 Å². The van der Waals surface area contributed by atoms with Crippen LogP contribution in [-0.2, 0) is 0 Å². The zero-order valence-corrected chi connectivity index (χ0v) is 11.6. The number of hydrogen-bond acceptors (Lipinski definition) is 5. The van der Waals surface area contributed by atoms with Gasteiger partial charge in [-0.2, -0.15) is 5.26 Å². The molecule has 0 aliphatic rings. The van der Waals surface area contributed by atoms with Crippen LogP contribution in [0, 0.1) is 25.2 Å². The van der Waals surface area contributed by atoms with Crippen LogP contribution in [0.2, 0.25) is 0 Å². The Morgan fingerprint density at radius 3 is 2.89 bits per heavy atom. The molecular formula is C14H14N4S. The summed E-state index contributed by atoms with van der Waals surface area (Å²) in [6.45, 7) is 3.94. The van der Waals surface area contributed by atoms with Crippen molar-refractivity contribution < 1.29 is 0 Å². The number of aryl methyl sites for hydroxylation is 2. The Labute approximate surface area is 116 Å². The molecular weight excluding hydrogens is 256 g/mol. The lowest BCUT2D eigenvalue weighted by Crippen LogP contribution is -2.14. The van der Waals surface area contributed by atoms with E-state index in [0.29, 0.717) is 5.57 Å². The lowest BCUT2D eigenvalue weighted by Gasteiger charge is -2.06. The minimum absolute atomic E-state index is 0.512. The maximum absolute atomic E-state index is 9.11. The number of allylic oxidation sites excluding steroid dienone is 1. The van der Waals surface area contributed by atoms with Crippen molar-refractivity contribution in [3.8, 4) is 6.07 Å². The van der Waals surface area contributed by atoms with Crippen LogP contribution >= 0.6 is 11.3 Å². The van der Waals surface area contributed by atoms with Gasteiger partial charge < -0.3 is 10.9 Å². The Hall–Kier alpha value is -2.32. The van der Waals surface area contributed by atoms with Gasteiger partial charge in [0.15, 0.2) is 0 Å². The zero-order valence-electron chi connectivity index (χ0n) is 10.8. The van der Waals surface area contributed by atoms with Crippen molar-refractivity contribution in [3.63, 3.8) is 0 Å². The standard InChI is InChI=1S/C14H14N4S/c1-10-4-3-5-13(6-10)18-16-8-12(7-15)14-17-11(2)9-19-14/h3-6,8-9,16,18H,1-2H3/b12-8+. The molecule has 0 spiro atoms. The van der Waals surface area contributed by atoms with E-state index in [0.717, 1.165) is 16.4 Å². The summed E-state index contributed by atoms with van der Waals surface area (Å²) in [4.78, 5) is 4.28. The first-order valence-electron chi connectivity index (χ1n) is 5.80. The molecule has 19 heavy (non-hydrogen) atoms. The Morgan fingerprint density at radius 2 is 2.26 bits per heavy atom. The van der Waals surface area contributed by atoms with Gasteiger partial charge in [0.2, 0.25) is 0 Å². The zero-order chi connectivity index (χ0) is 13.7. The van der Waals surface area contributed by atoms with Gasteiger partial charge in [-0.05, 0) is 31.5 Å². The first kappa shape index (κ1) is 13.1. The van der Waals surface area contributed by atoms with E-state index in [1.807, 2.05) is 43.5 Å². The molecule has 0 saturated carbocycles. The highest BCUT2D eigenvalue weighted by molar-refractivity contribution is 7.10. The van der Waals surface area contributed by atoms with Crippen LogP contribution in [0.15, 0.2) is 35.8 Å². The van der Waals surface area contributed by atoms with E-state index in [2.05, 4.69) is 21.9 Å². The van der Waals surface area contributed by atoms with Crippen molar-refractivity contribution in [1.82, 2.24) is 10.4 Å². The number of nitriles is 1. The maximum Gasteiger partial charge on any atom is 0.135 e. The van der Waals surface area contributed by atoms with Gasteiger partial charge in [0.25, 0.3) is 0 Å². The monoisotopic (exact) mass is 270 g/mol.